The number of pyridine rings is 1. The molecular formula is C43H30N6. The van der Waals surface area contributed by atoms with Crippen LogP contribution in [-0.2, 0) is 6.42 Å². The molecular weight excluding hydrogens is 601 g/mol. The smallest absolute Gasteiger partial charge is 0.240 e. The molecule has 1 aliphatic rings. The molecule has 0 spiro atoms. The Morgan fingerprint density at radius 1 is 0.571 bits per heavy atom. The van der Waals surface area contributed by atoms with E-state index in [0.717, 1.165) is 61.3 Å². The molecule has 0 saturated heterocycles. The van der Waals surface area contributed by atoms with Crippen molar-refractivity contribution in [2.24, 2.45) is 5.92 Å². The number of hydrogen-bond donors (Lipinski definition) is 0. The fraction of sp³-hybridized carbons (Fsp3) is 0.0698. The molecule has 6 nitrogen and oxygen atoms in total. The van der Waals surface area contributed by atoms with Crippen LogP contribution < -0.4 is 0 Å². The minimum absolute atomic E-state index is 0.403. The van der Waals surface area contributed by atoms with E-state index in [1.165, 1.54) is 16.6 Å². The second-order valence-corrected chi connectivity index (χ2v) is 12.9. The minimum Gasteiger partial charge on any atom is -0.282 e. The summed E-state index contributed by atoms with van der Waals surface area (Å²) in [7, 11) is 0. The number of aromatic nitrogens is 6. The molecule has 10 rings (SSSR count). The first kappa shape index (κ1) is 27.7. The van der Waals surface area contributed by atoms with E-state index in [0.29, 0.717) is 23.6 Å². The fourth-order valence-corrected chi connectivity index (χ4v) is 7.45. The molecule has 1 aliphatic carbocycles. The minimum atomic E-state index is 0.403. The molecule has 0 fully saturated rings. The Morgan fingerprint density at radius 2 is 1.18 bits per heavy atom. The van der Waals surface area contributed by atoms with Gasteiger partial charge < -0.3 is 0 Å². The van der Waals surface area contributed by atoms with Gasteiger partial charge in [0.15, 0.2) is 5.82 Å². The maximum absolute atomic E-state index is 5.31. The highest BCUT2D eigenvalue weighted by Crippen LogP contribution is 2.36. The number of rotatable bonds is 4. The molecule has 9 aromatic rings. The summed E-state index contributed by atoms with van der Waals surface area (Å²) in [4.78, 5) is 20.6. The van der Waals surface area contributed by atoms with Crippen LogP contribution in [0.3, 0.4) is 0 Å². The predicted octanol–water partition coefficient (Wildman–Crippen LogP) is 10.0. The van der Waals surface area contributed by atoms with Crippen LogP contribution in [0.25, 0.3) is 84.1 Å². The lowest BCUT2D eigenvalue weighted by molar-refractivity contribution is 0.683. The first-order valence-corrected chi connectivity index (χ1v) is 16.7. The van der Waals surface area contributed by atoms with E-state index in [9.17, 15) is 0 Å². The van der Waals surface area contributed by atoms with E-state index in [2.05, 4.69) is 150 Å². The van der Waals surface area contributed by atoms with Crippen molar-refractivity contribution in [3.8, 4) is 34.5 Å². The molecule has 4 heterocycles. The van der Waals surface area contributed by atoms with Gasteiger partial charge in [-0.3, -0.25) is 14.1 Å². The summed E-state index contributed by atoms with van der Waals surface area (Å²) in [6, 6.07) is 44.3. The number of nitrogens with zero attached hydrogens (tertiary/aromatic N) is 6. The second kappa shape index (κ2) is 10.8. The summed E-state index contributed by atoms with van der Waals surface area (Å²) in [5.74, 6) is 2.20. The van der Waals surface area contributed by atoms with Gasteiger partial charge in [0.25, 0.3) is 0 Å². The summed E-state index contributed by atoms with van der Waals surface area (Å²) in [5, 5.41) is 5.79. The number of fused-ring (bicyclic) bond motifs is 7. The highest BCUT2D eigenvalue weighted by Gasteiger charge is 2.24. The van der Waals surface area contributed by atoms with Gasteiger partial charge >= 0.3 is 0 Å². The molecule has 0 saturated carbocycles. The summed E-state index contributed by atoms with van der Waals surface area (Å²) in [6.45, 7) is 2.26. The molecule has 1 atom stereocenters. The zero-order valence-electron chi connectivity index (χ0n) is 26.8. The van der Waals surface area contributed by atoms with Crippen LogP contribution >= 0.6 is 0 Å². The first-order valence-electron chi connectivity index (χ1n) is 16.7. The summed E-state index contributed by atoms with van der Waals surface area (Å²) in [5.41, 5.74) is 8.46. The molecule has 0 bridgehead atoms. The Balaban J connectivity index is 1.25. The van der Waals surface area contributed by atoms with Gasteiger partial charge in [-0.1, -0.05) is 116 Å². The van der Waals surface area contributed by atoms with Crippen molar-refractivity contribution in [2.75, 3.05) is 0 Å². The highest BCUT2D eigenvalue weighted by molar-refractivity contribution is 6.09. The van der Waals surface area contributed by atoms with Crippen molar-refractivity contribution >= 4 is 49.6 Å². The molecule has 0 aliphatic heterocycles. The quantitative estimate of drug-likeness (QED) is 0.194. The molecule has 0 N–H and O–H groups in total. The van der Waals surface area contributed by atoms with Crippen molar-refractivity contribution in [1.29, 1.82) is 0 Å². The lowest BCUT2D eigenvalue weighted by Gasteiger charge is -2.17. The maximum atomic E-state index is 5.31. The van der Waals surface area contributed by atoms with Gasteiger partial charge in [0.2, 0.25) is 11.9 Å². The number of benzene rings is 5. The van der Waals surface area contributed by atoms with E-state index in [1.807, 2.05) is 12.3 Å². The zero-order chi connectivity index (χ0) is 32.5. The molecule has 0 amide bonds. The van der Waals surface area contributed by atoms with Gasteiger partial charge in [0.1, 0.15) is 0 Å². The molecule has 49 heavy (non-hydrogen) atoms. The van der Waals surface area contributed by atoms with Crippen LogP contribution in [0, 0.1) is 5.92 Å². The van der Waals surface area contributed by atoms with Gasteiger partial charge in [0, 0.05) is 50.1 Å². The van der Waals surface area contributed by atoms with Gasteiger partial charge in [-0.05, 0) is 48.1 Å². The summed E-state index contributed by atoms with van der Waals surface area (Å²) < 4.78 is 4.43. The molecule has 6 heteroatoms. The standard InChI is InChI=1S/C43H30N6/c1-27-21-22-35-34-17-6-9-20-39(34)49(40(35)23-27)43-46-41(30-14-10-13-29(24-30)36-25-28-11-2-3-12-31(28)26-44-36)45-42(47-43)48-37-18-7-4-15-32(37)33-16-5-8-19-38(33)48/h2-22,24-27H,23H2,1H3. The summed E-state index contributed by atoms with van der Waals surface area (Å²) in [6.07, 6.45) is 7.40. The second-order valence-electron chi connectivity index (χ2n) is 12.9. The van der Waals surface area contributed by atoms with Gasteiger partial charge in [0.05, 0.1) is 22.2 Å². The Labute approximate surface area is 282 Å². The summed E-state index contributed by atoms with van der Waals surface area (Å²) >= 11 is 0. The van der Waals surface area contributed by atoms with Gasteiger partial charge in [-0.15, -0.1) is 0 Å². The van der Waals surface area contributed by atoms with E-state index < -0.39 is 0 Å². The fourth-order valence-electron chi connectivity index (χ4n) is 7.45. The first-order chi connectivity index (χ1) is 24.2. The topological polar surface area (TPSA) is 61.4 Å². The Bertz CT molecular complexity index is 2730. The van der Waals surface area contributed by atoms with E-state index in [-0.39, 0.29) is 0 Å². The number of hydrogen-bond acceptors (Lipinski definition) is 4. The van der Waals surface area contributed by atoms with Crippen molar-refractivity contribution in [1.82, 2.24) is 29.1 Å². The lowest BCUT2D eigenvalue weighted by Crippen LogP contribution is -2.14. The Kier molecular flexibility index (Phi) is 6.12. The SMILES string of the molecule is CC1C=Cc2c(n(-c3nc(-c4cccc(-c5cc6ccccc6cn5)c4)nc(-n4c5ccccc5c5ccccc54)n3)c3ccccc23)C1. The average molecular weight is 631 g/mol. The van der Waals surface area contributed by atoms with Crippen molar-refractivity contribution in [3.63, 3.8) is 0 Å². The molecule has 0 radical (unpaired) electrons. The van der Waals surface area contributed by atoms with Crippen molar-refractivity contribution in [3.05, 3.63) is 151 Å². The maximum Gasteiger partial charge on any atom is 0.240 e. The molecule has 4 aromatic heterocycles. The number of para-hydroxylation sites is 3. The third kappa shape index (κ3) is 4.41. The molecule has 232 valence electrons. The van der Waals surface area contributed by atoms with Crippen molar-refractivity contribution in [2.45, 2.75) is 13.3 Å². The van der Waals surface area contributed by atoms with Crippen LogP contribution in [-0.4, -0.2) is 29.1 Å². The predicted molar refractivity (Wildman–Crippen MR) is 199 cm³/mol. The lowest BCUT2D eigenvalue weighted by atomic mass is 9.95. The van der Waals surface area contributed by atoms with Crippen molar-refractivity contribution < 1.29 is 0 Å². The van der Waals surface area contributed by atoms with Crippen LogP contribution in [0.5, 0.6) is 0 Å². The Morgan fingerprint density at radius 3 is 1.94 bits per heavy atom. The third-order valence-corrected chi connectivity index (χ3v) is 9.76. The molecule has 5 aromatic carbocycles. The van der Waals surface area contributed by atoms with Crippen LogP contribution in [0.15, 0.2) is 140 Å². The van der Waals surface area contributed by atoms with E-state index >= 15 is 0 Å². The number of allylic oxidation sites excluding steroid dienone is 1. The van der Waals surface area contributed by atoms with E-state index in [1.54, 1.807) is 0 Å². The van der Waals surface area contributed by atoms with Gasteiger partial charge in [-0.25, -0.2) is 0 Å². The normalized spacial score (nSPS) is 14.3. The molecule has 1 unspecified atom stereocenters. The Hall–Kier alpha value is -6.40. The third-order valence-electron chi connectivity index (χ3n) is 9.76. The van der Waals surface area contributed by atoms with Gasteiger partial charge in [-0.2, -0.15) is 15.0 Å². The van der Waals surface area contributed by atoms with Crippen LogP contribution in [0.4, 0.5) is 0 Å². The van der Waals surface area contributed by atoms with E-state index in [4.69, 9.17) is 19.9 Å². The zero-order valence-corrected chi connectivity index (χ0v) is 26.8. The monoisotopic (exact) mass is 630 g/mol. The average Bonchev–Trinajstić information content (AvgIpc) is 3.67. The van der Waals surface area contributed by atoms with Crippen LogP contribution in [0.1, 0.15) is 18.2 Å². The highest BCUT2D eigenvalue weighted by atomic mass is 15.3. The van der Waals surface area contributed by atoms with Crippen LogP contribution in [0.2, 0.25) is 0 Å². The largest absolute Gasteiger partial charge is 0.282 e.